The Morgan fingerprint density at radius 2 is 1.85 bits per heavy atom. The van der Waals surface area contributed by atoms with Crippen molar-refractivity contribution in [2.24, 2.45) is 5.73 Å². The quantitative estimate of drug-likeness (QED) is 0.136. The van der Waals surface area contributed by atoms with Gasteiger partial charge in [0.05, 0.1) is 5.39 Å². The zero-order valence-electron chi connectivity index (χ0n) is 22.3. The predicted octanol–water partition coefficient (Wildman–Crippen LogP) is 2.87. The van der Waals surface area contributed by atoms with Crippen molar-refractivity contribution < 1.29 is 88.0 Å². The number of pyridine rings is 1. The maximum atomic E-state index is 13.0. The van der Waals surface area contributed by atoms with Crippen LogP contribution in [0.4, 0.5) is 5.69 Å². The van der Waals surface area contributed by atoms with Gasteiger partial charge in [0.15, 0.2) is 5.76 Å². The number of aliphatic hydroxyl groups is 1. The van der Waals surface area contributed by atoms with Gasteiger partial charge in [-0.1, -0.05) is 29.3 Å². The van der Waals surface area contributed by atoms with Gasteiger partial charge in [-0.15, -0.1) is 29.8 Å². The number of carbonyl (C=O) groups is 2. The standard InChI is InChI=1S/C29H26ClN4O4.Cs/c1-15(32)23(14-31)18-5-7-19(8-6-18)24-21(17-9-11-20(30)12-10-17)13-22-25(33-16(2)35)26(38-28(22)34-24)27(36)29(3,4)37;/h5-7,9-14,31,37H,32H2,1-4H3,(H,33,35);/q-1;+1/b23-15+,31-14?;. The number of anilines is 1. The maximum absolute atomic E-state index is 13.0. The molecule has 0 spiro atoms. The van der Waals surface area contributed by atoms with Crippen LogP contribution in [0.2, 0.25) is 5.02 Å². The van der Waals surface area contributed by atoms with Crippen LogP contribution in [-0.2, 0) is 4.79 Å². The minimum atomic E-state index is -1.74. The Morgan fingerprint density at radius 3 is 2.36 bits per heavy atom. The molecule has 0 aliphatic rings. The van der Waals surface area contributed by atoms with E-state index >= 15 is 0 Å². The number of nitrogens with zero attached hydrogens (tertiary/aromatic N) is 1. The fourth-order valence-corrected chi connectivity index (χ4v) is 4.11. The molecule has 4 aromatic rings. The van der Waals surface area contributed by atoms with Crippen molar-refractivity contribution in [1.82, 2.24) is 4.98 Å². The van der Waals surface area contributed by atoms with Gasteiger partial charge in [-0.3, -0.25) is 14.6 Å². The molecular weight excluding hydrogens is 637 g/mol. The molecule has 0 atom stereocenters. The van der Waals surface area contributed by atoms with E-state index in [1.165, 1.54) is 27.0 Å². The third-order valence-electron chi connectivity index (χ3n) is 5.85. The number of aromatic nitrogens is 1. The minimum absolute atomic E-state index is 0. The Morgan fingerprint density at radius 1 is 1.18 bits per heavy atom. The largest absolute Gasteiger partial charge is 1.00 e. The number of Topliss-reactive ketones (excluding diaryl/α,β-unsaturated/α-hetero) is 1. The Labute approximate surface area is 290 Å². The molecule has 0 bridgehead atoms. The molecular formula is C29H26ClCsN4O4. The molecule has 0 fully saturated rings. The Bertz CT molecular complexity index is 1600. The van der Waals surface area contributed by atoms with Crippen molar-refractivity contribution in [2.45, 2.75) is 33.3 Å². The molecule has 10 heteroatoms. The summed E-state index contributed by atoms with van der Waals surface area (Å²) < 4.78 is 5.85. The van der Waals surface area contributed by atoms with Crippen LogP contribution in [0, 0.1) is 11.5 Å². The van der Waals surface area contributed by atoms with Gasteiger partial charge < -0.3 is 26.0 Å². The number of halogens is 1. The first-order valence-corrected chi connectivity index (χ1v) is 12.1. The smallest absolute Gasteiger partial charge is 0.433 e. The molecule has 4 rings (SSSR count). The molecule has 8 nitrogen and oxygen atoms in total. The van der Waals surface area contributed by atoms with E-state index in [4.69, 9.17) is 32.1 Å². The zero-order chi connectivity index (χ0) is 27.8. The van der Waals surface area contributed by atoms with E-state index in [1.807, 2.05) is 18.2 Å². The number of rotatable bonds is 7. The van der Waals surface area contributed by atoms with E-state index in [1.54, 1.807) is 37.3 Å². The predicted molar refractivity (Wildman–Crippen MR) is 149 cm³/mol. The fraction of sp³-hybridized carbons (Fsp3) is 0.172. The summed E-state index contributed by atoms with van der Waals surface area (Å²) in [5.74, 6) is -1.32. The molecule has 39 heavy (non-hydrogen) atoms. The van der Waals surface area contributed by atoms with E-state index in [2.05, 4.69) is 11.4 Å². The molecule has 194 valence electrons. The summed E-state index contributed by atoms with van der Waals surface area (Å²) in [7, 11) is 0. The van der Waals surface area contributed by atoms with Crippen LogP contribution in [-0.4, -0.2) is 33.6 Å². The molecule has 0 radical (unpaired) electrons. The van der Waals surface area contributed by atoms with E-state index in [0.717, 1.165) is 11.1 Å². The molecule has 1 amide bonds. The molecule has 5 N–H and O–H groups in total. The number of benzene rings is 2. The van der Waals surface area contributed by atoms with Gasteiger partial charge in [-0.2, -0.15) is 0 Å². The van der Waals surface area contributed by atoms with Gasteiger partial charge in [0.1, 0.15) is 11.3 Å². The van der Waals surface area contributed by atoms with Crippen molar-refractivity contribution in [3.63, 3.8) is 0 Å². The number of fused-ring (bicyclic) bond motifs is 1. The maximum Gasteiger partial charge on any atom is 1.00 e. The number of hydrogen-bond acceptors (Lipinski definition) is 7. The number of hydrogen-bond donors (Lipinski definition) is 4. The average Bonchev–Trinajstić information content (AvgIpc) is 3.20. The Kier molecular flexibility index (Phi) is 10.1. The first-order valence-electron chi connectivity index (χ1n) is 11.7. The van der Waals surface area contributed by atoms with Crippen LogP contribution in [0.15, 0.2) is 58.6 Å². The van der Waals surface area contributed by atoms with Gasteiger partial charge >= 0.3 is 68.9 Å². The van der Waals surface area contributed by atoms with Crippen molar-refractivity contribution in [3.05, 3.63) is 76.6 Å². The summed E-state index contributed by atoms with van der Waals surface area (Å²) in [6.45, 7) is 5.72. The normalized spacial score (nSPS) is 11.9. The van der Waals surface area contributed by atoms with Crippen molar-refractivity contribution in [3.8, 4) is 22.4 Å². The first-order chi connectivity index (χ1) is 17.9. The van der Waals surface area contributed by atoms with E-state index in [0.29, 0.717) is 38.5 Å². The van der Waals surface area contributed by atoms with Crippen LogP contribution < -0.4 is 79.9 Å². The van der Waals surface area contributed by atoms with Crippen molar-refractivity contribution in [1.29, 1.82) is 5.41 Å². The van der Waals surface area contributed by atoms with Crippen LogP contribution in [0.5, 0.6) is 0 Å². The van der Waals surface area contributed by atoms with Crippen molar-refractivity contribution >= 4 is 51.9 Å². The zero-order valence-corrected chi connectivity index (χ0v) is 29.3. The number of ketones is 1. The van der Waals surface area contributed by atoms with Gasteiger partial charge in [0.25, 0.3) is 0 Å². The minimum Gasteiger partial charge on any atom is -0.433 e. The van der Waals surface area contributed by atoms with Gasteiger partial charge in [-0.05, 0) is 61.4 Å². The molecule has 2 aromatic heterocycles. The third-order valence-corrected chi connectivity index (χ3v) is 6.10. The monoisotopic (exact) mass is 662 g/mol. The van der Waals surface area contributed by atoms with Crippen LogP contribution in [0.3, 0.4) is 0 Å². The summed E-state index contributed by atoms with van der Waals surface area (Å²) >= 11 is 6.12. The first kappa shape index (κ1) is 31.3. The molecule has 2 heterocycles. The summed E-state index contributed by atoms with van der Waals surface area (Å²) in [5, 5.41) is 21.6. The molecule has 0 saturated carbocycles. The second-order valence-electron chi connectivity index (χ2n) is 9.35. The van der Waals surface area contributed by atoms with Gasteiger partial charge in [0, 0.05) is 23.9 Å². The third kappa shape index (κ3) is 6.75. The van der Waals surface area contributed by atoms with Crippen LogP contribution in [0.25, 0.3) is 39.1 Å². The number of carbonyl (C=O) groups excluding carboxylic acids is 2. The van der Waals surface area contributed by atoms with Gasteiger partial charge in [-0.25, -0.2) is 0 Å². The number of nitrogens with two attached hydrogens (primary N) is 1. The average molecular weight is 663 g/mol. The van der Waals surface area contributed by atoms with E-state index < -0.39 is 17.3 Å². The molecule has 0 saturated heterocycles. The van der Waals surface area contributed by atoms with Crippen LogP contribution >= 0.6 is 11.6 Å². The topological polar surface area (TPSA) is 142 Å². The fourth-order valence-electron chi connectivity index (χ4n) is 3.98. The number of furan rings is 1. The van der Waals surface area contributed by atoms with Crippen LogP contribution in [0.1, 0.15) is 43.8 Å². The second kappa shape index (κ2) is 12.5. The number of allylic oxidation sites excluding steroid dienone is 2. The van der Waals surface area contributed by atoms with Crippen molar-refractivity contribution in [2.75, 3.05) is 5.32 Å². The number of nitrogens with one attached hydrogen (secondary N) is 2. The molecule has 0 aliphatic carbocycles. The molecule has 0 unspecified atom stereocenters. The summed E-state index contributed by atoms with van der Waals surface area (Å²) in [6.07, 6.45) is 1.19. The summed E-state index contributed by atoms with van der Waals surface area (Å²) in [5.41, 5.74) is 8.78. The molecule has 2 aromatic carbocycles. The Balaban J connectivity index is 0.00000420. The second-order valence-corrected chi connectivity index (χ2v) is 9.79. The van der Waals surface area contributed by atoms with Gasteiger partial charge in [0.2, 0.25) is 17.4 Å². The number of amides is 1. The Hall–Kier alpha value is -2.22. The summed E-state index contributed by atoms with van der Waals surface area (Å²) in [6, 6.07) is 17.5. The molecule has 0 aliphatic heterocycles. The van der Waals surface area contributed by atoms with E-state index in [9.17, 15) is 14.7 Å². The summed E-state index contributed by atoms with van der Waals surface area (Å²) in [4.78, 5) is 29.7. The van der Waals surface area contributed by atoms with E-state index in [-0.39, 0.29) is 86.1 Å². The SMILES string of the molecule is CC(=O)Nc1c(C(=O)C(C)(C)O)oc2nc(-c3[c-]cc(/C(C=N)=C(\C)N)cc3)c(-c3ccc(Cl)cc3)cc12.[Cs+].